The van der Waals surface area contributed by atoms with Crippen LogP contribution in [0, 0.1) is 21.4 Å². The minimum absolute atomic E-state index is 0.198. The molecule has 0 aliphatic rings. The molecule has 0 unspecified atom stereocenters. The fourth-order valence-electron chi connectivity index (χ4n) is 0.793. The van der Waals surface area contributed by atoms with E-state index in [1.54, 1.807) is 0 Å². The average Bonchev–Trinajstić information content (AvgIpc) is 2.04. The molecule has 1 aromatic rings. The highest BCUT2D eigenvalue weighted by molar-refractivity contribution is 9.10. The van der Waals surface area contributed by atoms with E-state index in [1.807, 2.05) is 6.07 Å². The molecule has 0 aliphatic heterocycles. The Kier molecular flexibility index (Phi) is 2.93. The monoisotopic (exact) mass is 241 g/mol. The van der Waals surface area contributed by atoms with Gasteiger partial charge in [-0.15, -0.1) is 0 Å². The molecule has 13 heavy (non-hydrogen) atoms. The predicted octanol–water partition coefficient (Wildman–Crippen LogP) is 1.82. The van der Waals surface area contributed by atoms with Gasteiger partial charge in [0.05, 0.1) is 12.5 Å². The quantitative estimate of drug-likeness (QED) is 0.585. The largest absolute Gasteiger partial charge is 0.377 e. The number of nitro groups is 1. The molecule has 0 saturated carbocycles. The maximum Gasteiger partial charge on any atom is 0.377 e. The van der Waals surface area contributed by atoms with E-state index in [1.165, 1.54) is 12.3 Å². The molecule has 1 aromatic heterocycles. The second kappa shape index (κ2) is 3.96. The number of hydrogen-bond donors (Lipinski definition) is 0. The van der Waals surface area contributed by atoms with Gasteiger partial charge in [0, 0.05) is 5.56 Å². The molecule has 1 heterocycles. The van der Waals surface area contributed by atoms with E-state index >= 15 is 0 Å². The Balaban J connectivity index is 3.07. The minimum Gasteiger partial charge on any atom is -0.358 e. The lowest BCUT2D eigenvalue weighted by Crippen LogP contribution is -1.94. The lowest BCUT2D eigenvalue weighted by Gasteiger charge is -1.95. The van der Waals surface area contributed by atoms with Gasteiger partial charge in [0.15, 0.2) is 0 Å². The van der Waals surface area contributed by atoms with Crippen LogP contribution in [0.1, 0.15) is 5.56 Å². The fourth-order valence-corrected chi connectivity index (χ4v) is 1.33. The first-order valence-corrected chi connectivity index (χ1v) is 4.10. The zero-order valence-electron chi connectivity index (χ0n) is 6.40. The first-order chi connectivity index (χ1) is 6.15. The van der Waals surface area contributed by atoms with Gasteiger partial charge in [-0.05, 0) is 31.9 Å². The molecule has 0 bridgehead atoms. The topological polar surface area (TPSA) is 79.8 Å². The average molecular weight is 242 g/mol. The normalized spacial score (nSPS) is 9.23. The van der Waals surface area contributed by atoms with Crippen molar-refractivity contribution in [1.82, 2.24) is 4.98 Å². The molecule has 6 heteroatoms. The van der Waals surface area contributed by atoms with Crippen molar-refractivity contribution in [3.05, 3.63) is 32.4 Å². The second-order valence-corrected chi connectivity index (χ2v) is 3.10. The molecule has 0 spiro atoms. The van der Waals surface area contributed by atoms with Gasteiger partial charge >= 0.3 is 5.82 Å². The first kappa shape index (κ1) is 9.61. The number of rotatable bonds is 2. The summed E-state index contributed by atoms with van der Waals surface area (Å²) in [6.45, 7) is 0. The molecule has 0 saturated heterocycles. The third-order valence-electron chi connectivity index (χ3n) is 1.33. The molecule has 0 fully saturated rings. The van der Waals surface area contributed by atoms with Gasteiger partial charge in [-0.2, -0.15) is 5.26 Å². The Morgan fingerprint density at radius 1 is 1.77 bits per heavy atom. The van der Waals surface area contributed by atoms with Gasteiger partial charge in [-0.1, -0.05) is 0 Å². The van der Waals surface area contributed by atoms with Gasteiger partial charge in [0.2, 0.25) is 0 Å². The Morgan fingerprint density at radius 2 is 2.46 bits per heavy atom. The van der Waals surface area contributed by atoms with Crippen molar-refractivity contribution in [3.8, 4) is 6.07 Å². The van der Waals surface area contributed by atoms with Gasteiger partial charge in [-0.3, -0.25) is 0 Å². The summed E-state index contributed by atoms with van der Waals surface area (Å²) in [6.07, 6.45) is 1.52. The Morgan fingerprint density at radius 3 is 2.92 bits per heavy atom. The molecule has 66 valence electrons. The van der Waals surface area contributed by atoms with Gasteiger partial charge < -0.3 is 10.1 Å². The predicted molar refractivity (Wildman–Crippen MR) is 47.9 cm³/mol. The van der Waals surface area contributed by atoms with Gasteiger partial charge in [-0.25, -0.2) is 0 Å². The summed E-state index contributed by atoms with van der Waals surface area (Å²) in [4.78, 5) is 13.4. The molecule has 0 aromatic carbocycles. The second-order valence-electron chi connectivity index (χ2n) is 2.24. The summed E-state index contributed by atoms with van der Waals surface area (Å²) < 4.78 is 0.297. The van der Waals surface area contributed by atoms with Crippen molar-refractivity contribution in [2.24, 2.45) is 0 Å². The van der Waals surface area contributed by atoms with E-state index in [9.17, 15) is 10.1 Å². The van der Waals surface area contributed by atoms with Crippen molar-refractivity contribution in [2.75, 3.05) is 0 Å². The smallest absolute Gasteiger partial charge is 0.358 e. The number of hydrogen-bond acceptors (Lipinski definition) is 4. The van der Waals surface area contributed by atoms with Crippen molar-refractivity contribution < 1.29 is 4.92 Å². The van der Waals surface area contributed by atoms with Crippen LogP contribution < -0.4 is 0 Å². The van der Waals surface area contributed by atoms with Crippen LogP contribution in [0.5, 0.6) is 0 Å². The molecule has 0 atom stereocenters. The van der Waals surface area contributed by atoms with Crippen LogP contribution in [0.4, 0.5) is 5.82 Å². The van der Waals surface area contributed by atoms with E-state index in [0.717, 1.165) is 0 Å². The number of nitrogens with zero attached hydrogens (tertiary/aromatic N) is 3. The zero-order valence-corrected chi connectivity index (χ0v) is 7.98. The number of aromatic nitrogens is 1. The van der Waals surface area contributed by atoms with Crippen LogP contribution in [0.2, 0.25) is 0 Å². The zero-order chi connectivity index (χ0) is 9.84. The summed E-state index contributed by atoms with van der Waals surface area (Å²) in [7, 11) is 0. The Bertz CT molecular complexity index is 386. The minimum atomic E-state index is -0.583. The summed E-state index contributed by atoms with van der Waals surface area (Å²) in [5, 5.41) is 18.7. The number of halogens is 1. The summed E-state index contributed by atoms with van der Waals surface area (Å²) in [5.41, 5.74) is 0.653. The van der Waals surface area contributed by atoms with E-state index in [0.29, 0.717) is 10.0 Å². The van der Waals surface area contributed by atoms with Crippen LogP contribution in [-0.4, -0.2) is 9.91 Å². The Hall–Kier alpha value is -1.48. The van der Waals surface area contributed by atoms with E-state index in [4.69, 9.17) is 5.26 Å². The third-order valence-corrected chi connectivity index (χ3v) is 1.92. The molecule has 0 N–H and O–H groups in total. The standard InChI is InChI=1S/C7H4BrN3O2/c8-6-3-5(1-2-9)4-10-7(6)11(12)13/h3-4H,1H2. The van der Waals surface area contributed by atoms with Crippen LogP contribution in [0.25, 0.3) is 0 Å². The van der Waals surface area contributed by atoms with Crippen LogP contribution in [-0.2, 0) is 6.42 Å². The molecule has 1 rings (SSSR count). The lowest BCUT2D eigenvalue weighted by molar-refractivity contribution is -0.390. The first-order valence-electron chi connectivity index (χ1n) is 3.31. The Labute approximate surface area is 82.3 Å². The van der Waals surface area contributed by atoms with Gasteiger partial charge in [0.1, 0.15) is 10.7 Å². The van der Waals surface area contributed by atoms with Crippen molar-refractivity contribution in [3.63, 3.8) is 0 Å². The summed E-state index contributed by atoms with van der Waals surface area (Å²) in [5.74, 6) is -0.235. The van der Waals surface area contributed by atoms with Crippen molar-refractivity contribution in [2.45, 2.75) is 6.42 Å². The van der Waals surface area contributed by atoms with Crippen molar-refractivity contribution >= 4 is 21.7 Å². The van der Waals surface area contributed by atoms with E-state index in [-0.39, 0.29) is 12.2 Å². The molecular weight excluding hydrogens is 238 g/mol. The molecule has 0 radical (unpaired) electrons. The van der Waals surface area contributed by atoms with Crippen LogP contribution in [0.15, 0.2) is 16.7 Å². The maximum atomic E-state index is 10.3. The van der Waals surface area contributed by atoms with Gasteiger partial charge in [0.25, 0.3) is 0 Å². The summed E-state index contributed by atoms with van der Waals surface area (Å²) in [6, 6.07) is 3.45. The molecular formula is C7H4BrN3O2. The number of pyridine rings is 1. The van der Waals surface area contributed by atoms with E-state index < -0.39 is 4.92 Å². The highest BCUT2D eigenvalue weighted by Crippen LogP contribution is 2.22. The highest BCUT2D eigenvalue weighted by atomic mass is 79.9. The van der Waals surface area contributed by atoms with E-state index in [2.05, 4.69) is 20.9 Å². The van der Waals surface area contributed by atoms with Crippen molar-refractivity contribution in [1.29, 1.82) is 5.26 Å². The SMILES string of the molecule is N#CCc1cnc([N+](=O)[O-])c(Br)c1. The highest BCUT2D eigenvalue weighted by Gasteiger charge is 2.13. The van der Waals surface area contributed by atoms with Crippen LogP contribution in [0.3, 0.4) is 0 Å². The maximum absolute atomic E-state index is 10.3. The third kappa shape index (κ3) is 2.23. The number of nitriles is 1. The molecule has 0 aliphatic carbocycles. The summed E-state index contributed by atoms with van der Waals surface area (Å²) >= 11 is 3.00. The molecule has 5 nitrogen and oxygen atoms in total. The van der Waals surface area contributed by atoms with Crippen LogP contribution >= 0.6 is 15.9 Å². The molecule has 0 amide bonds. The lowest BCUT2D eigenvalue weighted by atomic mass is 10.2. The fraction of sp³-hybridized carbons (Fsp3) is 0.143.